The van der Waals surface area contributed by atoms with Crippen molar-refractivity contribution in [1.29, 1.82) is 0 Å². The Balaban J connectivity index is 1.58. The fraction of sp³-hybridized carbons (Fsp3) is 0.143. The van der Waals surface area contributed by atoms with Gasteiger partial charge in [0.2, 0.25) is 0 Å². The number of thioether (sulfide) groups is 1. The van der Waals surface area contributed by atoms with Crippen LogP contribution in [0.2, 0.25) is 0 Å². The molecule has 0 radical (unpaired) electrons. The van der Waals surface area contributed by atoms with Crippen LogP contribution in [0, 0.1) is 10.1 Å². The molecule has 0 aromatic heterocycles. The SMILES string of the molecule is C=CCc1cc(/C=C2/SC(=Nc3ccc(OC)cc3)NC2=O)cc(OC)c1OCc1cccc([N+](=O)[O-])c1. The third-order valence-electron chi connectivity index (χ3n) is 5.49. The van der Waals surface area contributed by atoms with Crippen LogP contribution >= 0.6 is 11.8 Å². The molecule has 4 rings (SSSR count). The maximum atomic E-state index is 12.6. The molecule has 1 saturated heterocycles. The fourth-order valence-corrected chi connectivity index (χ4v) is 4.55. The average Bonchev–Trinajstić information content (AvgIpc) is 3.26. The molecule has 1 heterocycles. The Kier molecular flexibility index (Phi) is 8.44. The number of hydrogen-bond acceptors (Lipinski definition) is 8. The van der Waals surface area contributed by atoms with Gasteiger partial charge in [-0.1, -0.05) is 18.2 Å². The standard InChI is InChI=1S/C28H25N3O6S/c1-4-6-20-13-19(15-24(36-3)26(20)37-17-18-7-5-8-22(14-18)31(33)34)16-25-27(32)30-28(38-25)29-21-9-11-23(35-2)12-10-21/h4-5,7-16H,1,6,17H2,2-3H3,(H,29,30,32)/b25-16+. The number of methoxy groups -OCH3 is 2. The molecule has 0 aliphatic carbocycles. The Labute approximate surface area is 224 Å². The van der Waals surface area contributed by atoms with E-state index in [1.807, 2.05) is 6.07 Å². The van der Waals surface area contributed by atoms with E-state index in [4.69, 9.17) is 14.2 Å². The molecular formula is C28H25N3O6S. The van der Waals surface area contributed by atoms with Crippen molar-refractivity contribution in [2.24, 2.45) is 4.99 Å². The molecule has 38 heavy (non-hydrogen) atoms. The molecule has 10 heteroatoms. The molecule has 1 fully saturated rings. The lowest BCUT2D eigenvalue weighted by molar-refractivity contribution is -0.384. The van der Waals surface area contributed by atoms with E-state index >= 15 is 0 Å². The smallest absolute Gasteiger partial charge is 0.269 e. The highest BCUT2D eigenvalue weighted by molar-refractivity contribution is 8.18. The highest BCUT2D eigenvalue weighted by Crippen LogP contribution is 2.36. The van der Waals surface area contributed by atoms with E-state index in [0.717, 1.165) is 16.9 Å². The lowest BCUT2D eigenvalue weighted by atomic mass is 10.0. The highest BCUT2D eigenvalue weighted by atomic mass is 32.2. The zero-order valence-electron chi connectivity index (χ0n) is 20.8. The Morgan fingerprint density at radius 2 is 1.89 bits per heavy atom. The van der Waals surface area contributed by atoms with Gasteiger partial charge in [-0.05, 0) is 71.8 Å². The summed E-state index contributed by atoms with van der Waals surface area (Å²) in [6.07, 6.45) is 3.99. The predicted molar refractivity (Wildman–Crippen MR) is 148 cm³/mol. The summed E-state index contributed by atoms with van der Waals surface area (Å²) in [5.41, 5.74) is 2.88. The van der Waals surface area contributed by atoms with Gasteiger partial charge in [-0.25, -0.2) is 4.99 Å². The first-order valence-electron chi connectivity index (χ1n) is 11.5. The number of allylic oxidation sites excluding steroid dienone is 1. The van der Waals surface area contributed by atoms with Gasteiger partial charge in [0, 0.05) is 17.7 Å². The van der Waals surface area contributed by atoms with Crippen molar-refractivity contribution < 1.29 is 23.9 Å². The van der Waals surface area contributed by atoms with Crippen molar-refractivity contribution in [2.75, 3.05) is 14.2 Å². The van der Waals surface area contributed by atoms with Crippen LogP contribution in [0.4, 0.5) is 11.4 Å². The normalized spacial score (nSPS) is 14.8. The van der Waals surface area contributed by atoms with Gasteiger partial charge >= 0.3 is 0 Å². The number of carbonyl (C=O) groups is 1. The van der Waals surface area contributed by atoms with Gasteiger partial charge in [0.05, 0.1) is 29.7 Å². The fourth-order valence-electron chi connectivity index (χ4n) is 3.71. The molecule has 1 aliphatic rings. The molecule has 194 valence electrons. The molecule has 1 aliphatic heterocycles. The summed E-state index contributed by atoms with van der Waals surface area (Å²) >= 11 is 1.24. The highest BCUT2D eigenvalue weighted by Gasteiger charge is 2.24. The molecule has 3 aromatic rings. The molecule has 0 atom stereocenters. The molecule has 1 N–H and O–H groups in total. The zero-order valence-corrected chi connectivity index (χ0v) is 21.6. The number of nitro groups is 1. The number of carbonyl (C=O) groups excluding carboxylic acids is 1. The molecule has 0 unspecified atom stereocenters. The van der Waals surface area contributed by atoms with Crippen LogP contribution in [0.1, 0.15) is 16.7 Å². The van der Waals surface area contributed by atoms with Crippen LogP contribution in [0.5, 0.6) is 17.2 Å². The summed E-state index contributed by atoms with van der Waals surface area (Å²) in [5, 5.41) is 14.4. The first-order chi connectivity index (χ1) is 18.4. The minimum Gasteiger partial charge on any atom is -0.497 e. The maximum Gasteiger partial charge on any atom is 0.269 e. The third-order valence-corrected chi connectivity index (χ3v) is 6.40. The second-order valence-corrected chi connectivity index (χ2v) is 9.13. The lowest BCUT2D eigenvalue weighted by Gasteiger charge is -2.16. The maximum absolute atomic E-state index is 12.6. The number of amidine groups is 1. The van der Waals surface area contributed by atoms with E-state index in [1.54, 1.807) is 61.7 Å². The monoisotopic (exact) mass is 531 g/mol. The number of nitrogens with one attached hydrogen (secondary N) is 1. The summed E-state index contributed by atoms with van der Waals surface area (Å²) < 4.78 is 16.8. The minimum atomic E-state index is -0.445. The molecule has 3 aromatic carbocycles. The number of benzene rings is 3. The average molecular weight is 532 g/mol. The molecule has 9 nitrogen and oxygen atoms in total. The van der Waals surface area contributed by atoms with Crippen molar-refractivity contribution in [3.05, 3.63) is 105 Å². The van der Waals surface area contributed by atoms with Crippen LogP contribution in [-0.4, -0.2) is 30.2 Å². The summed E-state index contributed by atoms with van der Waals surface area (Å²) in [6, 6.07) is 17.1. The van der Waals surface area contributed by atoms with Gasteiger partial charge in [-0.3, -0.25) is 14.9 Å². The lowest BCUT2D eigenvalue weighted by Crippen LogP contribution is -2.19. The van der Waals surface area contributed by atoms with Gasteiger partial charge in [-0.15, -0.1) is 6.58 Å². The second-order valence-electron chi connectivity index (χ2n) is 8.10. The number of nitrogens with zero attached hydrogens (tertiary/aromatic N) is 2. The van der Waals surface area contributed by atoms with Crippen LogP contribution < -0.4 is 19.5 Å². The Morgan fingerprint density at radius 3 is 2.58 bits per heavy atom. The van der Waals surface area contributed by atoms with Crippen molar-refractivity contribution in [1.82, 2.24) is 5.32 Å². The van der Waals surface area contributed by atoms with E-state index in [0.29, 0.717) is 39.2 Å². The van der Waals surface area contributed by atoms with Gasteiger partial charge in [-0.2, -0.15) is 0 Å². The number of rotatable bonds is 10. The van der Waals surface area contributed by atoms with E-state index in [2.05, 4.69) is 16.9 Å². The van der Waals surface area contributed by atoms with Gasteiger partial charge in [0.1, 0.15) is 12.4 Å². The number of hydrogen-bond donors (Lipinski definition) is 1. The van der Waals surface area contributed by atoms with E-state index in [9.17, 15) is 14.9 Å². The van der Waals surface area contributed by atoms with Crippen molar-refractivity contribution in [3.63, 3.8) is 0 Å². The molecule has 1 amide bonds. The molecule has 0 saturated carbocycles. The van der Waals surface area contributed by atoms with Crippen molar-refractivity contribution in [2.45, 2.75) is 13.0 Å². The summed E-state index contributed by atoms with van der Waals surface area (Å²) in [6.45, 7) is 3.95. The summed E-state index contributed by atoms with van der Waals surface area (Å²) in [7, 11) is 3.12. The van der Waals surface area contributed by atoms with Gasteiger partial charge in [0.25, 0.3) is 11.6 Å². The molecular weight excluding hydrogens is 506 g/mol. The quantitative estimate of drug-likeness (QED) is 0.152. The number of aliphatic imine (C=N–C) groups is 1. The van der Waals surface area contributed by atoms with Crippen LogP contribution in [-0.2, 0) is 17.8 Å². The number of nitro benzene ring substituents is 1. The first-order valence-corrected chi connectivity index (χ1v) is 12.3. The van der Waals surface area contributed by atoms with E-state index in [-0.39, 0.29) is 18.2 Å². The number of amides is 1. The van der Waals surface area contributed by atoms with Crippen molar-refractivity contribution in [3.8, 4) is 17.2 Å². The summed E-state index contributed by atoms with van der Waals surface area (Å²) in [4.78, 5) is 28.2. The zero-order chi connectivity index (χ0) is 27.1. The van der Waals surface area contributed by atoms with Crippen LogP contribution in [0.3, 0.4) is 0 Å². The Morgan fingerprint density at radius 1 is 1.11 bits per heavy atom. The second kappa shape index (κ2) is 12.1. The van der Waals surface area contributed by atoms with Crippen LogP contribution in [0.25, 0.3) is 6.08 Å². The first kappa shape index (κ1) is 26.5. The number of ether oxygens (including phenoxy) is 3. The molecule has 0 bridgehead atoms. The summed E-state index contributed by atoms with van der Waals surface area (Å²) in [5.74, 6) is 1.44. The largest absolute Gasteiger partial charge is 0.497 e. The van der Waals surface area contributed by atoms with E-state index < -0.39 is 4.92 Å². The van der Waals surface area contributed by atoms with Crippen LogP contribution in [0.15, 0.2) is 83.2 Å². The van der Waals surface area contributed by atoms with Crippen molar-refractivity contribution >= 4 is 40.3 Å². The third kappa shape index (κ3) is 6.40. The van der Waals surface area contributed by atoms with E-state index in [1.165, 1.54) is 31.0 Å². The number of non-ortho nitro benzene ring substituents is 1. The Hall–Kier alpha value is -4.57. The Bertz CT molecular complexity index is 1430. The van der Waals surface area contributed by atoms with Gasteiger partial charge < -0.3 is 19.5 Å². The molecule has 0 spiro atoms. The topological polar surface area (TPSA) is 112 Å². The predicted octanol–water partition coefficient (Wildman–Crippen LogP) is 5.81. The van der Waals surface area contributed by atoms with Gasteiger partial charge in [0.15, 0.2) is 16.7 Å². The minimum absolute atomic E-state index is 0.00593.